The van der Waals surface area contributed by atoms with Crippen molar-refractivity contribution in [3.8, 4) is 17.0 Å². The third kappa shape index (κ3) is 6.21. The highest BCUT2D eigenvalue weighted by molar-refractivity contribution is 5.98. The van der Waals surface area contributed by atoms with Crippen LogP contribution in [0.3, 0.4) is 0 Å². The van der Waals surface area contributed by atoms with Crippen LogP contribution in [0.4, 0.5) is 9.18 Å². The molecule has 1 saturated carbocycles. The van der Waals surface area contributed by atoms with Crippen molar-refractivity contribution < 1.29 is 23.8 Å². The summed E-state index contributed by atoms with van der Waals surface area (Å²) in [4.78, 5) is 34.1. The summed E-state index contributed by atoms with van der Waals surface area (Å²) in [5.74, 6) is -0.765. The molecule has 2 heterocycles. The molecular formula is C28H37FN4O4. The summed E-state index contributed by atoms with van der Waals surface area (Å²) in [6.07, 6.45) is 6.49. The number of aromatic nitrogens is 1. The molecule has 2 N–H and O–H groups in total. The quantitative estimate of drug-likeness (QED) is 0.608. The second-order valence-electron chi connectivity index (χ2n) is 10.3. The van der Waals surface area contributed by atoms with Gasteiger partial charge in [-0.1, -0.05) is 44.4 Å². The maximum Gasteiger partial charge on any atom is 0.317 e. The standard InChI is InChI=1S/C28H37FN4O4/c1-18-15-33(19(2)17-34)27(35)23-13-20(22-11-7-8-12-24(22)29)14-30-26(23)37-25(18)16-32(3)28(36)31-21-9-5-4-6-10-21/h7-8,11-14,18-19,21,25,34H,4-6,9-10,15-17H2,1-3H3,(H,31,36)/t18-,19+,25+/m0/s1. The maximum atomic E-state index is 14.5. The smallest absolute Gasteiger partial charge is 0.317 e. The molecule has 3 amide bonds. The largest absolute Gasteiger partial charge is 0.472 e. The van der Waals surface area contributed by atoms with Gasteiger partial charge in [-0.25, -0.2) is 14.2 Å². The fourth-order valence-electron chi connectivity index (χ4n) is 5.05. The Bertz CT molecular complexity index is 1110. The average Bonchev–Trinajstić information content (AvgIpc) is 2.90. The van der Waals surface area contributed by atoms with Gasteiger partial charge in [-0.2, -0.15) is 0 Å². The number of aliphatic hydroxyl groups is 1. The van der Waals surface area contributed by atoms with Gasteiger partial charge >= 0.3 is 6.03 Å². The highest BCUT2D eigenvalue weighted by Crippen LogP contribution is 2.31. The first-order valence-electron chi connectivity index (χ1n) is 13.1. The lowest BCUT2D eigenvalue weighted by atomic mass is 9.96. The number of likely N-dealkylation sites (N-methyl/N-ethyl adjacent to an activating group) is 1. The molecule has 3 atom stereocenters. The van der Waals surface area contributed by atoms with Crippen LogP contribution >= 0.6 is 0 Å². The second-order valence-corrected chi connectivity index (χ2v) is 10.3. The normalized spacial score (nSPS) is 21.3. The topological polar surface area (TPSA) is 95.0 Å². The van der Waals surface area contributed by atoms with Crippen molar-refractivity contribution in [1.29, 1.82) is 0 Å². The Labute approximate surface area is 217 Å². The van der Waals surface area contributed by atoms with Crippen LogP contribution in [0.1, 0.15) is 56.3 Å². The molecular weight excluding hydrogens is 475 g/mol. The van der Waals surface area contributed by atoms with Gasteiger partial charge in [-0.3, -0.25) is 4.79 Å². The van der Waals surface area contributed by atoms with Gasteiger partial charge in [0.1, 0.15) is 17.5 Å². The van der Waals surface area contributed by atoms with E-state index in [1.54, 1.807) is 48.0 Å². The molecule has 0 saturated heterocycles. The Morgan fingerprint density at radius 2 is 2.00 bits per heavy atom. The van der Waals surface area contributed by atoms with Crippen LogP contribution in [0.15, 0.2) is 36.5 Å². The zero-order valence-corrected chi connectivity index (χ0v) is 21.8. The van der Waals surface area contributed by atoms with E-state index in [0.717, 1.165) is 25.7 Å². The van der Waals surface area contributed by atoms with E-state index >= 15 is 0 Å². The molecule has 4 rings (SSSR count). The van der Waals surface area contributed by atoms with Crippen molar-refractivity contribution in [3.05, 3.63) is 47.9 Å². The Morgan fingerprint density at radius 1 is 1.27 bits per heavy atom. The van der Waals surface area contributed by atoms with Crippen LogP contribution in [0.5, 0.6) is 5.88 Å². The lowest BCUT2D eigenvalue weighted by Gasteiger charge is -2.38. The summed E-state index contributed by atoms with van der Waals surface area (Å²) >= 11 is 0. The Morgan fingerprint density at radius 3 is 2.70 bits per heavy atom. The number of hydrogen-bond donors (Lipinski definition) is 2. The van der Waals surface area contributed by atoms with Gasteiger partial charge in [-0.05, 0) is 31.9 Å². The fraction of sp³-hybridized carbons (Fsp3) is 0.536. The van der Waals surface area contributed by atoms with Crippen LogP contribution in [0, 0.1) is 11.7 Å². The number of urea groups is 1. The molecule has 0 bridgehead atoms. The van der Waals surface area contributed by atoms with Crippen LogP contribution in [-0.4, -0.2) is 76.8 Å². The lowest BCUT2D eigenvalue weighted by molar-refractivity contribution is 0.0351. The van der Waals surface area contributed by atoms with Gasteiger partial charge in [0.05, 0.1) is 19.2 Å². The third-order valence-corrected chi connectivity index (χ3v) is 7.44. The van der Waals surface area contributed by atoms with Crippen molar-refractivity contribution in [2.45, 2.75) is 64.1 Å². The number of hydrogen-bond acceptors (Lipinski definition) is 5. The van der Waals surface area contributed by atoms with Crippen molar-refractivity contribution >= 4 is 11.9 Å². The van der Waals surface area contributed by atoms with Gasteiger partial charge in [0.25, 0.3) is 5.91 Å². The molecule has 2 aliphatic rings. The number of benzene rings is 1. The number of nitrogens with one attached hydrogen (secondary N) is 1. The molecule has 0 radical (unpaired) electrons. The molecule has 8 nitrogen and oxygen atoms in total. The molecule has 9 heteroatoms. The fourth-order valence-corrected chi connectivity index (χ4v) is 5.05. The molecule has 37 heavy (non-hydrogen) atoms. The van der Waals surface area contributed by atoms with E-state index in [1.807, 2.05) is 6.92 Å². The van der Waals surface area contributed by atoms with Crippen molar-refractivity contribution in [1.82, 2.24) is 20.1 Å². The van der Waals surface area contributed by atoms with Crippen molar-refractivity contribution in [3.63, 3.8) is 0 Å². The maximum absolute atomic E-state index is 14.5. The highest BCUT2D eigenvalue weighted by atomic mass is 19.1. The van der Waals surface area contributed by atoms with E-state index in [1.165, 1.54) is 18.7 Å². The predicted molar refractivity (Wildman–Crippen MR) is 139 cm³/mol. The number of amides is 3. The number of carbonyl (C=O) groups excluding carboxylic acids is 2. The molecule has 0 unspecified atom stereocenters. The second kappa shape index (κ2) is 11.9. The number of fused-ring (bicyclic) bond motifs is 1. The molecule has 1 fully saturated rings. The van der Waals surface area contributed by atoms with E-state index in [2.05, 4.69) is 10.3 Å². The first kappa shape index (κ1) is 26.9. The predicted octanol–water partition coefficient (Wildman–Crippen LogP) is 4.08. The molecule has 1 aliphatic heterocycles. The van der Waals surface area contributed by atoms with Crippen LogP contribution in [0.25, 0.3) is 11.1 Å². The summed E-state index contributed by atoms with van der Waals surface area (Å²) in [6, 6.07) is 7.51. The van der Waals surface area contributed by atoms with Crippen LogP contribution < -0.4 is 10.1 Å². The SMILES string of the molecule is C[C@H](CO)N1C[C@H](C)[C@@H](CN(C)C(=O)NC2CCCCC2)Oc2ncc(-c3ccccc3F)cc2C1=O. The molecule has 1 aromatic carbocycles. The Hall–Kier alpha value is -3.20. The first-order chi connectivity index (χ1) is 17.8. The van der Waals surface area contributed by atoms with Crippen molar-refractivity contribution in [2.24, 2.45) is 5.92 Å². The average molecular weight is 513 g/mol. The number of nitrogens with zero attached hydrogens (tertiary/aromatic N) is 3. The third-order valence-electron chi connectivity index (χ3n) is 7.44. The van der Waals surface area contributed by atoms with E-state index in [-0.39, 0.29) is 41.9 Å². The molecule has 0 spiro atoms. The molecule has 2 aromatic rings. The summed E-state index contributed by atoms with van der Waals surface area (Å²) < 4.78 is 20.8. The number of rotatable bonds is 6. The summed E-state index contributed by atoms with van der Waals surface area (Å²) in [7, 11) is 1.74. The number of pyridine rings is 1. The summed E-state index contributed by atoms with van der Waals surface area (Å²) in [5.41, 5.74) is 0.991. The minimum atomic E-state index is -0.450. The molecule has 200 valence electrons. The van der Waals surface area contributed by atoms with E-state index in [0.29, 0.717) is 24.2 Å². The Balaban J connectivity index is 1.61. The number of carbonyl (C=O) groups is 2. The minimum Gasteiger partial charge on any atom is -0.472 e. The lowest BCUT2D eigenvalue weighted by Crippen LogP contribution is -2.52. The van der Waals surface area contributed by atoms with Gasteiger partial charge in [0, 0.05) is 42.9 Å². The zero-order valence-electron chi connectivity index (χ0n) is 21.8. The first-order valence-corrected chi connectivity index (χ1v) is 13.1. The highest BCUT2D eigenvalue weighted by Gasteiger charge is 2.35. The number of aliphatic hydroxyl groups excluding tert-OH is 1. The summed E-state index contributed by atoms with van der Waals surface area (Å²) in [5, 5.41) is 13.0. The van der Waals surface area contributed by atoms with Gasteiger partial charge in [0.15, 0.2) is 0 Å². The zero-order chi connectivity index (χ0) is 26.5. The summed E-state index contributed by atoms with van der Waals surface area (Å²) in [6.45, 7) is 4.15. The monoisotopic (exact) mass is 512 g/mol. The number of ether oxygens (including phenoxy) is 1. The van der Waals surface area contributed by atoms with Crippen LogP contribution in [0.2, 0.25) is 0 Å². The van der Waals surface area contributed by atoms with E-state index < -0.39 is 18.0 Å². The van der Waals surface area contributed by atoms with E-state index in [4.69, 9.17) is 4.74 Å². The van der Waals surface area contributed by atoms with Crippen LogP contribution in [-0.2, 0) is 0 Å². The van der Waals surface area contributed by atoms with Gasteiger partial charge < -0.3 is 25.0 Å². The van der Waals surface area contributed by atoms with Gasteiger partial charge in [0.2, 0.25) is 5.88 Å². The molecule has 1 aromatic heterocycles. The van der Waals surface area contributed by atoms with E-state index in [9.17, 15) is 19.1 Å². The molecule has 1 aliphatic carbocycles. The minimum absolute atomic E-state index is 0.137. The van der Waals surface area contributed by atoms with Crippen molar-refractivity contribution in [2.75, 3.05) is 26.7 Å². The van der Waals surface area contributed by atoms with Gasteiger partial charge in [-0.15, -0.1) is 0 Å². The number of halogens is 1. The Kier molecular flexibility index (Phi) is 8.63.